The lowest BCUT2D eigenvalue weighted by molar-refractivity contribution is -0.131. The summed E-state index contributed by atoms with van der Waals surface area (Å²) < 4.78 is 45.7. The van der Waals surface area contributed by atoms with Gasteiger partial charge in [-0.05, 0) is 74.8 Å². The van der Waals surface area contributed by atoms with E-state index < -0.39 is 28.9 Å². The summed E-state index contributed by atoms with van der Waals surface area (Å²) in [5, 5.41) is 5.76. The van der Waals surface area contributed by atoms with Gasteiger partial charge in [-0.25, -0.2) is 18.7 Å². The molecule has 236 valence electrons. The summed E-state index contributed by atoms with van der Waals surface area (Å²) in [6, 6.07) is 12.6. The first kappa shape index (κ1) is 31.6. The summed E-state index contributed by atoms with van der Waals surface area (Å²) in [4.78, 5) is 36.7. The zero-order valence-corrected chi connectivity index (χ0v) is 25.4. The number of nitrogens with zero attached hydrogens (tertiary/aromatic N) is 3. The van der Waals surface area contributed by atoms with Crippen molar-refractivity contribution in [2.75, 3.05) is 44.0 Å². The first-order valence-electron chi connectivity index (χ1n) is 14.8. The average Bonchev–Trinajstić information content (AvgIpc) is 3.86. The highest BCUT2D eigenvalue weighted by Crippen LogP contribution is 2.47. The van der Waals surface area contributed by atoms with Crippen molar-refractivity contribution in [3.63, 3.8) is 0 Å². The molecule has 0 radical (unpaired) electrons. The van der Waals surface area contributed by atoms with Gasteiger partial charge in [-0.2, -0.15) is 0 Å². The summed E-state index contributed by atoms with van der Waals surface area (Å²) >= 11 is 0. The number of anilines is 2. The minimum atomic E-state index is -1.28. The van der Waals surface area contributed by atoms with Crippen LogP contribution in [-0.2, 0) is 9.59 Å². The number of benzene rings is 3. The number of carbonyl (C=O) groups excluding carboxylic acids is 2. The predicted octanol–water partition coefficient (Wildman–Crippen LogP) is 6.18. The summed E-state index contributed by atoms with van der Waals surface area (Å²) in [7, 11) is 1.53. The number of aromatic nitrogens is 2. The molecule has 1 aliphatic carbocycles. The Labute approximate surface area is 259 Å². The summed E-state index contributed by atoms with van der Waals surface area (Å²) in [5.74, 6) is -1.29. The van der Waals surface area contributed by atoms with Crippen molar-refractivity contribution in [2.45, 2.75) is 33.1 Å². The SMILES string of the molecule is CCN(CC)CCCOc1cc2ncnc(Oc3ccc(NC(=O)C4(C(=O)Nc5ccc(F)cc5)CC4)cc3F)c2cc1OC. The van der Waals surface area contributed by atoms with Gasteiger partial charge in [0.15, 0.2) is 23.1 Å². The predicted molar refractivity (Wildman–Crippen MR) is 166 cm³/mol. The van der Waals surface area contributed by atoms with Gasteiger partial charge in [0.1, 0.15) is 17.6 Å². The van der Waals surface area contributed by atoms with Crippen molar-refractivity contribution < 1.29 is 32.6 Å². The zero-order chi connectivity index (χ0) is 32.0. The molecule has 0 saturated heterocycles. The number of halogens is 2. The van der Waals surface area contributed by atoms with Gasteiger partial charge in [0.2, 0.25) is 17.7 Å². The van der Waals surface area contributed by atoms with Gasteiger partial charge < -0.3 is 29.7 Å². The van der Waals surface area contributed by atoms with Crippen LogP contribution in [0.5, 0.6) is 23.1 Å². The lowest BCUT2D eigenvalue weighted by Crippen LogP contribution is -2.35. The number of hydrogen-bond acceptors (Lipinski definition) is 8. The highest BCUT2D eigenvalue weighted by atomic mass is 19.1. The van der Waals surface area contributed by atoms with E-state index >= 15 is 4.39 Å². The van der Waals surface area contributed by atoms with Gasteiger partial charge in [0.05, 0.1) is 24.6 Å². The first-order valence-corrected chi connectivity index (χ1v) is 14.8. The average molecular weight is 620 g/mol. The third kappa shape index (κ3) is 7.28. The Morgan fingerprint density at radius 1 is 0.889 bits per heavy atom. The van der Waals surface area contributed by atoms with Crippen LogP contribution in [0.25, 0.3) is 10.9 Å². The van der Waals surface area contributed by atoms with E-state index in [1.165, 1.54) is 49.8 Å². The number of amides is 2. The standard InChI is InChI=1S/C33H35F2N5O5/c1-4-40(5-2)15-6-16-44-29-19-26-24(18-28(29)43-3)30(37-20-36-26)45-27-12-11-23(17-25(27)35)39-32(42)33(13-14-33)31(41)38-22-9-7-21(34)8-10-22/h7-12,17-20H,4-6,13-16H2,1-3H3,(H,38,41)(H,39,42). The molecule has 1 aliphatic rings. The van der Waals surface area contributed by atoms with Gasteiger partial charge in [-0.1, -0.05) is 13.8 Å². The minimum Gasteiger partial charge on any atom is -0.493 e. The van der Waals surface area contributed by atoms with E-state index in [1.807, 2.05) is 0 Å². The van der Waals surface area contributed by atoms with E-state index in [1.54, 1.807) is 12.1 Å². The molecule has 1 fully saturated rings. The van der Waals surface area contributed by atoms with Crippen molar-refractivity contribution in [1.82, 2.24) is 14.9 Å². The topological polar surface area (TPSA) is 115 Å². The van der Waals surface area contributed by atoms with Gasteiger partial charge in [-0.15, -0.1) is 0 Å². The Kier molecular flexibility index (Phi) is 9.72. The third-order valence-corrected chi connectivity index (χ3v) is 7.77. The van der Waals surface area contributed by atoms with Crippen LogP contribution < -0.4 is 24.8 Å². The van der Waals surface area contributed by atoms with Crippen molar-refractivity contribution in [3.8, 4) is 23.1 Å². The number of nitrogens with one attached hydrogen (secondary N) is 2. The van der Waals surface area contributed by atoms with Crippen molar-refractivity contribution in [2.24, 2.45) is 5.41 Å². The summed E-state index contributed by atoms with van der Waals surface area (Å²) in [6.45, 7) is 7.63. The van der Waals surface area contributed by atoms with Crippen LogP contribution in [0.3, 0.4) is 0 Å². The fourth-order valence-electron chi connectivity index (χ4n) is 4.89. The second-order valence-electron chi connectivity index (χ2n) is 10.7. The molecular formula is C33H35F2N5O5. The molecule has 0 atom stereocenters. The number of carbonyl (C=O) groups is 2. The van der Waals surface area contributed by atoms with Crippen LogP contribution in [-0.4, -0.2) is 60.0 Å². The zero-order valence-electron chi connectivity index (χ0n) is 25.4. The number of ether oxygens (including phenoxy) is 3. The maximum atomic E-state index is 15.2. The van der Waals surface area contributed by atoms with Gasteiger partial charge in [0, 0.05) is 30.1 Å². The Bertz CT molecular complexity index is 1680. The fourth-order valence-corrected chi connectivity index (χ4v) is 4.89. The minimum absolute atomic E-state index is 0.108. The monoisotopic (exact) mass is 619 g/mol. The molecule has 2 N–H and O–H groups in total. The van der Waals surface area contributed by atoms with Crippen LogP contribution in [0.1, 0.15) is 33.1 Å². The number of rotatable bonds is 14. The van der Waals surface area contributed by atoms with Gasteiger partial charge >= 0.3 is 0 Å². The van der Waals surface area contributed by atoms with Crippen LogP contribution in [0.15, 0.2) is 60.9 Å². The van der Waals surface area contributed by atoms with Crippen LogP contribution >= 0.6 is 0 Å². The second-order valence-corrected chi connectivity index (χ2v) is 10.7. The van der Waals surface area contributed by atoms with Crippen molar-refractivity contribution in [1.29, 1.82) is 0 Å². The van der Waals surface area contributed by atoms with E-state index in [2.05, 4.69) is 39.3 Å². The highest BCUT2D eigenvalue weighted by Gasteiger charge is 2.56. The highest BCUT2D eigenvalue weighted by molar-refractivity contribution is 6.16. The molecule has 45 heavy (non-hydrogen) atoms. The number of fused-ring (bicyclic) bond motifs is 1. The Hall–Kier alpha value is -4.84. The number of hydrogen-bond donors (Lipinski definition) is 2. The molecule has 1 heterocycles. The van der Waals surface area contributed by atoms with Gasteiger partial charge in [-0.3, -0.25) is 9.59 Å². The molecule has 10 nitrogen and oxygen atoms in total. The van der Waals surface area contributed by atoms with E-state index in [-0.39, 0.29) is 17.3 Å². The Balaban J connectivity index is 1.25. The van der Waals surface area contributed by atoms with E-state index in [4.69, 9.17) is 14.2 Å². The molecule has 1 aromatic heterocycles. The molecule has 2 amide bonds. The molecule has 1 saturated carbocycles. The molecule has 0 aliphatic heterocycles. The molecule has 12 heteroatoms. The normalized spacial score (nSPS) is 13.4. The van der Waals surface area contributed by atoms with E-state index in [0.29, 0.717) is 47.5 Å². The Morgan fingerprint density at radius 2 is 1.58 bits per heavy atom. The van der Waals surface area contributed by atoms with Crippen LogP contribution in [0, 0.1) is 17.0 Å². The maximum Gasteiger partial charge on any atom is 0.240 e. The molecule has 0 bridgehead atoms. The number of methoxy groups -OCH3 is 1. The van der Waals surface area contributed by atoms with Crippen molar-refractivity contribution in [3.05, 3.63) is 72.6 Å². The summed E-state index contributed by atoms with van der Waals surface area (Å²) in [5.41, 5.74) is -0.231. The first-order chi connectivity index (χ1) is 21.8. The lowest BCUT2D eigenvalue weighted by atomic mass is 10.0. The second kappa shape index (κ2) is 13.9. The largest absolute Gasteiger partial charge is 0.493 e. The summed E-state index contributed by atoms with van der Waals surface area (Å²) in [6.07, 6.45) is 2.83. The Morgan fingerprint density at radius 3 is 2.22 bits per heavy atom. The fraction of sp³-hybridized carbons (Fsp3) is 0.333. The lowest BCUT2D eigenvalue weighted by Gasteiger charge is -2.18. The molecule has 5 rings (SSSR count). The van der Waals surface area contributed by atoms with Crippen molar-refractivity contribution >= 4 is 34.1 Å². The van der Waals surface area contributed by atoms with E-state index in [9.17, 15) is 14.0 Å². The maximum absolute atomic E-state index is 15.2. The van der Waals surface area contributed by atoms with E-state index in [0.717, 1.165) is 32.1 Å². The molecule has 0 unspecified atom stereocenters. The quantitative estimate of drug-likeness (QED) is 0.127. The van der Waals surface area contributed by atoms with Crippen LogP contribution in [0.4, 0.5) is 20.2 Å². The molecular weight excluding hydrogens is 584 g/mol. The smallest absolute Gasteiger partial charge is 0.240 e. The third-order valence-electron chi connectivity index (χ3n) is 7.77. The van der Waals surface area contributed by atoms with Gasteiger partial charge in [0.25, 0.3) is 0 Å². The molecule has 3 aromatic carbocycles. The molecule has 0 spiro atoms. The molecule has 4 aromatic rings. The van der Waals surface area contributed by atoms with Crippen LogP contribution in [0.2, 0.25) is 0 Å².